The Balaban J connectivity index is 1.93. The van der Waals surface area contributed by atoms with Gasteiger partial charge in [-0.05, 0) is 41.4 Å². The number of aromatic amines is 1. The van der Waals surface area contributed by atoms with Crippen LogP contribution in [0.3, 0.4) is 0 Å². The molecule has 6 nitrogen and oxygen atoms in total. The Hall–Kier alpha value is -2.21. The quantitative estimate of drug-likeness (QED) is 0.722. The Kier molecular flexibility index (Phi) is 3.00. The van der Waals surface area contributed by atoms with Crippen molar-refractivity contribution in [2.24, 2.45) is 12.8 Å². The Morgan fingerprint density at radius 2 is 2.26 bits per heavy atom. The van der Waals surface area contributed by atoms with E-state index in [0.717, 1.165) is 17.8 Å². The van der Waals surface area contributed by atoms with Crippen molar-refractivity contribution in [1.29, 1.82) is 0 Å². The number of nitrogens with zero attached hydrogens (tertiary/aromatic N) is 4. The average molecular weight is 256 g/mol. The van der Waals surface area contributed by atoms with Crippen LogP contribution in [0.2, 0.25) is 0 Å². The van der Waals surface area contributed by atoms with E-state index in [-0.39, 0.29) is 0 Å². The molecule has 1 aromatic carbocycles. The molecule has 0 bridgehead atoms. The summed E-state index contributed by atoms with van der Waals surface area (Å²) in [7, 11) is 1.77. The molecule has 3 aromatic rings. The van der Waals surface area contributed by atoms with Crippen molar-refractivity contribution in [3.63, 3.8) is 0 Å². The number of aryl methyl sites for hydroxylation is 1. The van der Waals surface area contributed by atoms with E-state index in [1.165, 1.54) is 21.3 Å². The van der Waals surface area contributed by atoms with E-state index in [1.807, 2.05) is 6.20 Å². The Bertz CT molecular complexity index is 696. The smallest absolute Gasteiger partial charge is 0.179 e. The maximum absolute atomic E-state index is 5.63. The molecular weight excluding hydrogens is 240 g/mol. The van der Waals surface area contributed by atoms with E-state index < -0.39 is 0 Å². The normalized spacial score (nSPS) is 11.3. The van der Waals surface area contributed by atoms with Crippen LogP contribution in [0.15, 0.2) is 24.4 Å². The van der Waals surface area contributed by atoms with Crippen molar-refractivity contribution in [1.82, 2.24) is 25.2 Å². The molecule has 2 aromatic heterocycles. The summed E-state index contributed by atoms with van der Waals surface area (Å²) in [5, 5.41) is 13.3. The van der Waals surface area contributed by atoms with Gasteiger partial charge in [0.1, 0.15) is 0 Å². The zero-order chi connectivity index (χ0) is 13.2. The van der Waals surface area contributed by atoms with Crippen LogP contribution in [0.5, 0.6) is 0 Å². The molecule has 0 amide bonds. The molecule has 0 atom stereocenters. The first-order valence-electron chi connectivity index (χ1n) is 6.28. The van der Waals surface area contributed by atoms with Crippen LogP contribution >= 0.6 is 0 Å². The summed E-state index contributed by atoms with van der Waals surface area (Å²) in [6.45, 7) is 0.656. The van der Waals surface area contributed by atoms with Gasteiger partial charge >= 0.3 is 0 Å². The van der Waals surface area contributed by atoms with Crippen molar-refractivity contribution in [3.8, 4) is 0 Å². The molecule has 0 unspecified atom stereocenters. The third-order valence-corrected chi connectivity index (χ3v) is 3.16. The predicted molar refractivity (Wildman–Crippen MR) is 72.7 cm³/mol. The minimum atomic E-state index is 0.656. The molecule has 3 N–H and O–H groups in total. The van der Waals surface area contributed by atoms with Gasteiger partial charge in [-0.1, -0.05) is 6.07 Å². The maximum Gasteiger partial charge on any atom is 0.179 e. The van der Waals surface area contributed by atoms with Gasteiger partial charge < -0.3 is 10.7 Å². The fourth-order valence-corrected chi connectivity index (χ4v) is 2.27. The van der Waals surface area contributed by atoms with Gasteiger partial charge in [-0.2, -0.15) is 4.80 Å². The molecule has 0 aliphatic heterocycles. The molecule has 0 aliphatic rings. The second kappa shape index (κ2) is 4.81. The molecular formula is C13H16N6. The number of nitrogens with one attached hydrogen (secondary N) is 1. The molecule has 0 saturated carbocycles. The molecule has 0 fully saturated rings. The van der Waals surface area contributed by atoms with E-state index in [1.54, 1.807) is 7.05 Å². The highest BCUT2D eigenvalue weighted by molar-refractivity contribution is 5.84. The van der Waals surface area contributed by atoms with Crippen LogP contribution in [0.25, 0.3) is 10.9 Å². The van der Waals surface area contributed by atoms with Crippen LogP contribution in [-0.2, 0) is 19.9 Å². The molecule has 0 spiro atoms. The number of fused-ring (bicyclic) bond motifs is 1. The molecule has 6 heteroatoms. The first-order chi connectivity index (χ1) is 9.26. The van der Waals surface area contributed by atoms with Crippen molar-refractivity contribution in [2.75, 3.05) is 6.54 Å². The fourth-order valence-electron chi connectivity index (χ4n) is 2.27. The highest BCUT2D eigenvalue weighted by atomic mass is 15.6. The Labute approximate surface area is 110 Å². The lowest BCUT2D eigenvalue weighted by Gasteiger charge is -2.00. The largest absolute Gasteiger partial charge is 0.361 e. The zero-order valence-corrected chi connectivity index (χ0v) is 10.8. The topological polar surface area (TPSA) is 85.4 Å². The van der Waals surface area contributed by atoms with Gasteiger partial charge in [0.05, 0.1) is 7.05 Å². The highest BCUT2D eigenvalue weighted by Crippen LogP contribution is 2.21. The number of tetrazole rings is 1. The van der Waals surface area contributed by atoms with Crippen LogP contribution in [-0.4, -0.2) is 31.7 Å². The number of hydrogen-bond acceptors (Lipinski definition) is 4. The predicted octanol–water partition coefficient (Wildman–Crippen LogP) is 0.783. The van der Waals surface area contributed by atoms with E-state index in [2.05, 4.69) is 38.6 Å². The summed E-state index contributed by atoms with van der Waals surface area (Å²) < 4.78 is 0. The van der Waals surface area contributed by atoms with E-state index in [4.69, 9.17) is 5.73 Å². The summed E-state index contributed by atoms with van der Waals surface area (Å²) in [5.74, 6) is 0.734. The lowest BCUT2D eigenvalue weighted by Crippen LogP contribution is -2.02. The van der Waals surface area contributed by atoms with Gasteiger partial charge in [-0.25, -0.2) is 0 Å². The standard InChI is InChI=1S/C13H16N6/c1-19-17-13(16-18-19)7-9-2-3-12-11(6-9)10(4-5-14)8-15-12/h2-3,6,8,15H,4-5,7,14H2,1H3. The Morgan fingerprint density at radius 3 is 3.00 bits per heavy atom. The van der Waals surface area contributed by atoms with E-state index in [9.17, 15) is 0 Å². The zero-order valence-electron chi connectivity index (χ0n) is 10.8. The molecule has 2 heterocycles. The SMILES string of the molecule is Cn1nnc(Cc2ccc3[nH]cc(CCN)c3c2)n1. The highest BCUT2D eigenvalue weighted by Gasteiger charge is 2.07. The third-order valence-electron chi connectivity index (χ3n) is 3.16. The summed E-state index contributed by atoms with van der Waals surface area (Å²) in [6, 6.07) is 6.34. The van der Waals surface area contributed by atoms with Gasteiger partial charge in [0.25, 0.3) is 0 Å². The van der Waals surface area contributed by atoms with Gasteiger partial charge in [0.2, 0.25) is 0 Å². The average Bonchev–Trinajstić information content (AvgIpc) is 2.97. The number of aromatic nitrogens is 5. The summed E-state index contributed by atoms with van der Waals surface area (Å²) >= 11 is 0. The lowest BCUT2D eigenvalue weighted by atomic mass is 10.1. The summed E-state index contributed by atoms with van der Waals surface area (Å²) in [4.78, 5) is 4.74. The first kappa shape index (κ1) is 11.9. The minimum absolute atomic E-state index is 0.656. The van der Waals surface area contributed by atoms with Crippen molar-refractivity contribution < 1.29 is 0 Å². The van der Waals surface area contributed by atoms with Crippen molar-refractivity contribution in [3.05, 3.63) is 41.3 Å². The minimum Gasteiger partial charge on any atom is -0.361 e. The molecule has 0 saturated heterocycles. The molecule has 3 rings (SSSR count). The maximum atomic E-state index is 5.63. The molecule has 19 heavy (non-hydrogen) atoms. The van der Waals surface area contributed by atoms with Crippen LogP contribution in [0.1, 0.15) is 17.0 Å². The number of nitrogens with two attached hydrogens (primary N) is 1. The Morgan fingerprint density at radius 1 is 1.37 bits per heavy atom. The van der Waals surface area contributed by atoms with Gasteiger partial charge in [-0.15, -0.1) is 10.2 Å². The van der Waals surface area contributed by atoms with Gasteiger partial charge in [0.15, 0.2) is 5.82 Å². The molecule has 0 radical (unpaired) electrons. The van der Waals surface area contributed by atoms with E-state index >= 15 is 0 Å². The number of benzene rings is 1. The van der Waals surface area contributed by atoms with Crippen molar-refractivity contribution >= 4 is 10.9 Å². The fraction of sp³-hybridized carbons (Fsp3) is 0.308. The first-order valence-corrected chi connectivity index (χ1v) is 6.28. The lowest BCUT2D eigenvalue weighted by molar-refractivity contribution is 0.628. The summed E-state index contributed by atoms with van der Waals surface area (Å²) in [5.41, 5.74) is 9.20. The number of hydrogen-bond donors (Lipinski definition) is 2. The second-order valence-corrected chi connectivity index (χ2v) is 4.60. The van der Waals surface area contributed by atoms with Crippen LogP contribution < -0.4 is 5.73 Å². The van der Waals surface area contributed by atoms with Gasteiger partial charge in [0, 0.05) is 23.5 Å². The molecule has 98 valence electrons. The van der Waals surface area contributed by atoms with Crippen molar-refractivity contribution in [2.45, 2.75) is 12.8 Å². The monoisotopic (exact) mass is 256 g/mol. The summed E-state index contributed by atoms with van der Waals surface area (Å²) in [6.07, 6.45) is 3.60. The second-order valence-electron chi connectivity index (χ2n) is 4.60. The number of H-pyrrole nitrogens is 1. The van der Waals surface area contributed by atoms with Crippen LogP contribution in [0.4, 0.5) is 0 Å². The number of rotatable bonds is 4. The van der Waals surface area contributed by atoms with Gasteiger partial charge in [-0.3, -0.25) is 0 Å². The van der Waals surface area contributed by atoms with Crippen LogP contribution in [0, 0.1) is 0 Å². The third kappa shape index (κ3) is 2.34. The molecule has 0 aliphatic carbocycles. The van der Waals surface area contributed by atoms with E-state index in [0.29, 0.717) is 13.0 Å².